The van der Waals surface area contributed by atoms with E-state index in [9.17, 15) is 19.8 Å². The van der Waals surface area contributed by atoms with Crippen molar-refractivity contribution in [3.63, 3.8) is 0 Å². The molecule has 164 valence electrons. The maximum Gasteiger partial charge on any atom is 0.248 e. The highest BCUT2D eigenvalue weighted by molar-refractivity contribution is 8.00. The monoisotopic (exact) mass is 438 g/mol. The van der Waals surface area contributed by atoms with Crippen LogP contribution in [0.15, 0.2) is 12.2 Å². The second-order valence-electron chi connectivity index (χ2n) is 6.54. The molecule has 3 unspecified atom stereocenters. The fraction of sp³-hybridized carbons (Fsp3) is 0.778. The average Bonchev–Trinajstić information content (AvgIpc) is 2.98. The Bertz CT molecular complexity index is 528. The summed E-state index contributed by atoms with van der Waals surface area (Å²) in [5.41, 5.74) is -2.31. The van der Waals surface area contributed by atoms with Gasteiger partial charge in [0, 0.05) is 25.6 Å². The summed E-state index contributed by atoms with van der Waals surface area (Å²) in [6, 6.07) is 0. The van der Waals surface area contributed by atoms with Crippen molar-refractivity contribution < 1.29 is 30.0 Å². The van der Waals surface area contributed by atoms with Crippen LogP contribution >= 0.6 is 24.4 Å². The van der Waals surface area contributed by atoms with Crippen molar-refractivity contribution >= 4 is 36.2 Å². The SMILES string of the molecule is CC1(O)C=CC(=O)N1CCO.CCS.CCSC1CC(C)(O)N(CCO)C1=O. The number of rotatable bonds is 6. The third-order valence-electron chi connectivity index (χ3n) is 4.06. The van der Waals surface area contributed by atoms with Crippen LogP contribution in [0.25, 0.3) is 0 Å². The number of aliphatic hydroxyl groups excluding tert-OH is 2. The zero-order valence-electron chi connectivity index (χ0n) is 17.0. The summed E-state index contributed by atoms with van der Waals surface area (Å²) in [6.45, 7) is 7.24. The topological polar surface area (TPSA) is 122 Å². The van der Waals surface area contributed by atoms with Gasteiger partial charge in [0.05, 0.1) is 18.5 Å². The van der Waals surface area contributed by atoms with Gasteiger partial charge >= 0.3 is 0 Å². The van der Waals surface area contributed by atoms with Crippen LogP contribution in [0.1, 0.15) is 34.1 Å². The van der Waals surface area contributed by atoms with Crippen molar-refractivity contribution in [1.82, 2.24) is 9.80 Å². The molecule has 1 fully saturated rings. The molecule has 4 N–H and O–H groups in total. The van der Waals surface area contributed by atoms with E-state index in [-0.39, 0.29) is 43.4 Å². The zero-order valence-corrected chi connectivity index (χ0v) is 18.7. The van der Waals surface area contributed by atoms with E-state index in [1.54, 1.807) is 18.7 Å². The van der Waals surface area contributed by atoms with Crippen molar-refractivity contribution in [2.24, 2.45) is 0 Å². The Labute approximate surface area is 177 Å². The number of carbonyl (C=O) groups is 2. The summed E-state index contributed by atoms with van der Waals surface area (Å²) in [5, 5.41) is 36.6. The third kappa shape index (κ3) is 7.92. The molecule has 2 amide bonds. The van der Waals surface area contributed by atoms with Gasteiger partial charge in [0.2, 0.25) is 11.8 Å². The number of thioether (sulfide) groups is 1. The van der Waals surface area contributed by atoms with Gasteiger partial charge in [0.15, 0.2) is 5.72 Å². The van der Waals surface area contributed by atoms with Gasteiger partial charge in [-0.2, -0.15) is 12.6 Å². The highest BCUT2D eigenvalue weighted by Gasteiger charge is 2.46. The number of hydrogen-bond acceptors (Lipinski definition) is 8. The van der Waals surface area contributed by atoms with Crippen LogP contribution in [0.5, 0.6) is 0 Å². The Morgan fingerprint density at radius 3 is 2.04 bits per heavy atom. The number of hydrogen-bond donors (Lipinski definition) is 5. The van der Waals surface area contributed by atoms with Crippen LogP contribution in [-0.4, -0.2) is 96.5 Å². The molecule has 0 aromatic heterocycles. The summed E-state index contributed by atoms with van der Waals surface area (Å²) in [6.07, 6.45) is 3.16. The van der Waals surface area contributed by atoms with Crippen LogP contribution in [-0.2, 0) is 9.59 Å². The van der Waals surface area contributed by atoms with Crippen molar-refractivity contribution in [2.75, 3.05) is 37.8 Å². The molecule has 2 rings (SSSR count). The van der Waals surface area contributed by atoms with Gasteiger partial charge in [-0.05, 0) is 31.4 Å². The van der Waals surface area contributed by atoms with Crippen LogP contribution in [0, 0.1) is 0 Å². The molecule has 2 heterocycles. The molecule has 3 atom stereocenters. The molecular weight excluding hydrogens is 404 g/mol. The quantitative estimate of drug-likeness (QED) is 0.372. The number of amides is 2. The molecule has 0 saturated carbocycles. The minimum Gasteiger partial charge on any atom is -0.395 e. The Kier molecular flexibility index (Phi) is 12.4. The number of β-amino-alcohol motifs (C(OH)–C–C–N with tert-alkyl or cyclic N) is 2. The Balaban J connectivity index is 0.000000466. The molecule has 2 aliphatic heterocycles. The van der Waals surface area contributed by atoms with E-state index in [1.165, 1.54) is 28.9 Å². The first-order valence-corrected chi connectivity index (χ1v) is 10.9. The van der Waals surface area contributed by atoms with Crippen molar-refractivity contribution in [2.45, 2.75) is 50.8 Å². The van der Waals surface area contributed by atoms with Gasteiger partial charge in [-0.3, -0.25) is 9.59 Å². The molecule has 8 nitrogen and oxygen atoms in total. The molecule has 0 radical (unpaired) electrons. The third-order valence-corrected chi connectivity index (χ3v) is 5.17. The van der Waals surface area contributed by atoms with Gasteiger partial charge in [0.25, 0.3) is 0 Å². The number of nitrogens with zero attached hydrogens (tertiary/aromatic N) is 2. The van der Waals surface area contributed by atoms with E-state index < -0.39 is 11.4 Å². The van der Waals surface area contributed by atoms with Crippen LogP contribution < -0.4 is 0 Å². The standard InChI is InChI=1S/C9H17NO3S.C7H11NO3.C2H6S/c1-3-14-7-6-9(2,13)10(4-5-11)8(7)12;1-7(11)3-2-6(10)8(7)4-5-9;1-2-3/h7,11,13H,3-6H2,1-2H3;2-3,9,11H,4-5H2,1H3;3H,2H2,1H3. The van der Waals surface area contributed by atoms with E-state index in [4.69, 9.17) is 10.2 Å². The highest BCUT2D eigenvalue weighted by atomic mass is 32.2. The van der Waals surface area contributed by atoms with E-state index in [0.717, 1.165) is 11.5 Å². The summed E-state index contributed by atoms with van der Waals surface area (Å²) >= 11 is 5.33. The smallest absolute Gasteiger partial charge is 0.248 e. The van der Waals surface area contributed by atoms with Gasteiger partial charge in [-0.15, -0.1) is 11.8 Å². The molecule has 0 bridgehead atoms. The summed E-state index contributed by atoms with van der Waals surface area (Å²) in [5.74, 6) is 1.49. The number of likely N-dealkylation sites (tertiary alicyclic amines) is 1. The lowest BCUT2D eigenvalue weighted by Crippen LogP contribution is -2.45. The maximum absolute atomic E-state index is 11.7. The van der Waals surface area contributed by atoms with Crippen molar-refractivity contribution in [1.29, 1.82) is 0 Å². The minimum atomic E-state index is -1.22. The van der Waals surface area contributed by atoms with E-state index in [2.05, 4.69) is 12.6 Å². The summed E-state index contributed by atoms with van der Waals surface area (Å²) in [7, 11) is 0. The van der Waals surface area contributed by atoms with Gasteiger partial charge in [-0.1, -0.05) is 13.8 Å². The van der Waals surface area contributed by atoms with Crippen LogP contribution in [0.2, 0.25) is 0 Å². The number of thiol groups is 1. The molecule has 0 aliphatic carbocycles. The lowest BCUT2D eigenvalue weighted by Gasteiger charge is -2.28. The first kappa shape index (κ1) is 27.2. The second kappa shape index (κ2) is 12.7. The predicted molar refractivity (Wildman–Crippen MR) is 114 cm³/mol. The van der Waals surface area contributed by atoms with E-state index in [0.29, 0.717) is 6.42 Å². The van der Waals surface area contributed by atoms with Gasteiger partial charge in [0.1, 0.15) is 5.72 Å². The second-order valence-corrected chi connectivity index (χ2v) is 8.65. The minimum absolute atomic E-state index is 0.0594. The normalized spacial score (nSPS) is 28.8. The lowest BCUT2D eigenvalue weighted by atomic mass is 10.2. The summed E-state index contributed by atoms with van der Waals surface area (Å²) in [4.78, 5) is 25.2. The molecule has 0 spiro atoms. The molecule has 10 heteroatoms. The fourth-order valence-corrected chi connectivity index (χ4v) is 3.92. The van der Waals surface area contributed by atoms with Crippen molar-refractivity contribution in [3.05, 3.63) is 12.2 Å². The Morgan fingerprint density at radius 1 is 1.14 bits per heavy atom. The molecule has 0 aromatic carbocycles. The zero-order chi connectivity index (χ0) is 22.0. The Hall–Kier alpha value is -0.780. The Morgan fingerprint density at radius 2 is 1.64 bits per heavy atom. The summed E-state index contributed by atoms with van der Waals surface area (Å²) < 4.78 is 0. The molecule has 28 heavy (non-hydrogen) atoms. The van der Waals surface area contributed by atoms with Gasteiger partial charge in [-0.25, -0.2) is 0 Å². The van der Waals surface area contributed by atoms with Crippen LogP contribution in [0.3, 0.4) is 0 Å². The van der Waals surface area contributed by atoms with Crippen LogP contribution in [0.4, 0.5) is 0 Å². The number of aliphatic hydroxyl groups is 4. The van der Waals surface area contributed by atoms with Crippen molar-refractivity contribution in [3.8, 4) is 0 Å². The molecule has 2 aliphatic rings. The van der Waals surface area contributed by atoms with E-state index >= 15 is 0 Å². The highest BCUT2D eigenvalue weighted by Crippen LogP contribution is 2.34. The lowest BCUT2D eigenvalue weighted by molar-refractivity contribution is -0.143. The predicted octanol–water partition coefficient (Wildman–Crippen LogP) is 0.0629. The first-order valence-electron chi connectivity index (χ1n) is 9.23. The molecular formula is C18H34N2O6S2. The average molecular weight is 439 g/mol. The fourth-order valence-electron chi connectivity index (χ4n) is 2.81. The largest absolute Gasteiger partial charge is 0.395 e. The first-order chi connectivity index (χ1) is 13.0. The van der Waals surface area contributed by atoms with E-state index in [1.807, 2.05) is 13.8 Å². The number of carbonyl (C=O) groups excluding carboxylic acids is 2. The van der Waals surface area contributed by atoms with Gasteiger partial charge < -0.3 is 30.2 Å². The molecule has 0 aromatic rings. The molecule has 1 saturated heterocycles. The maximum atomic E-state index is 11.7.